The van der Waals surface area contributed by atoms with Crippen LogP contribution in [0.25, 0.3) is 0 Å². The molecule has 0 radical (unpaired) electrons. The molecule has 28 heteroatoms. The first-order chi connectivity index (χ1) is 47.2. The van der Waals surface area contributed by atoms with Crippen LogP contribution in [0.15, 0.2) is 119 Å². The van der Waals surface area contributed by atoms with Crippen LogP contribution in [0.3, 0.4) is 0 Å². The minimum Gasteiger partial charge on any atom is -0.444 e. The molecule has 4 aromatic carbocycles. The number of amides is 5. The number of fused-ring (bicyclic) bond motifs is 2. The van der Waals surface area contributed by atoms with Crippen molar-refractivity contribution in [1.82, 2.24) is 40.1 Å². The van der Waals surface area contributed by atoms with Gasteiger partial charge in [-0.25, -0.2) is 31.2 Å². The van der Waals surface area contributed by atoms with E-state index in [2.05, 4.69) is 26.6 Å². The maximum Gasteiger partial charge on any atom is 0.410 e. The molecule has 0 aliphatic carbocycles. The number of sulfonamides is 2. The molecule has 5 amide bonds. The molecule has 0 saturated carbocycles. The van der Waals surface area contributed by atoms with Crippen molar-refractivity contribution in [3.05, 3.63) is 131 Å². The zero-order valence-electron chi connectivity index (χ0n) is 57.7. The summed E-state index contributed by atoms with van der Waals surface area (Å²) >= 11 is 0. The average Bonchev–Trinajstić information content (AvgIpc) is 1.75. The topological polar surface area (TPSA) is 329 Å². The number of nitrogens with zero attached hydrogens (tertiary/aromatic N) is 3. The van der Waals surface area contributed by atoms with Gasteiger partial charge in [-0.3, -0.25) is 14.5 Å². The van der Waals surface area contributed by atoms with Crippen molar-refractivity contribution in [3.8, 4) is 0 Å². The normalized spacial score (nSPS) is 23.4. The van der Waals surface area contributed by atoms with Crippen molar-refractivity contribution in [2.24, 2.45) is 23.7 Å². The number of carbonyl (C=O) groups is 5. The molecular weight excluding hydrogens is 1320 g/mol. The molecule has 26 nitrogen and oxygen atoms in total. The van der Waals surface area contributed by atoms with Crippen LogP contribution < -0.4 is 26.6 Å². The summed E-state index contributed by atoms with van der Waals surface area (Å²) in [4.78, 5) is 65.8. The van der Waals surface area contributed by atoms with Gasteiger partial charge in [-0.05, 0) is 137 Å². The summed E-state index contributed by atoms with van der Waals surface area (Å²) in [6, 6.07) is 28.7. The van der Waals surface area contributed by atoms with E-state index in [1.54, 1.807) is 45.0 Å². The third-order valence-electron chi connectivity index (χ3n) is 18.2. The Morgan fingerprint density at radius 3 is 1.43 bits per heavy atom. The van der Waals surface area contributed by atoms with Gasteiger partial charge in [-0.1, -0.05) is 113 Å². The molecule has 0 unspecified atom stereocenters. The highest BCUT2D eigenvalue weighted by molar-refractivity contribution is 7.89. The van der Waals surface area contributed by atoms with Gasteiger partial charge in [-0.2, -0.15) is 8.61 Å². The van der Waals surface area contributed by atoms with Crippen molar-refractivity contribution in [1.29, 1.82) is 0 Å². The molecule has 544 valence electrons. The lowest BCUT2D eigenvalue weighted by Gasteiger charge is -2.31. The molecule has 4 aromatic rings. The third-order valence-corrected chi connectivity index (χ3v) is 21.8. The van der Waals surface area contributed by atoms with Gasteiger partial charge in [0, 0.05) is 45.8 Å². The van der Waals surface area contributed by atoms with Crippen LogP contribution in [-0.2, 0) is 88.7 Å². The Labute approximate surface area is 581 Å². The van der Waals surface area contributed by atoms with E-state index in [1.807, 2.05) is 88.4 Å². The highest BCUT2D eigenvalue weighted by Crippen LogP contribution is 2.35. The van der Waals surface area contributed by atoms with Crippen LogP contribution in [0.2, 0.25) is 0 Å². The van der Waals surface area contributed by atoms with Crippen LogP contribution >= 0.6 is 0 Å². The summed E-state index contributed by atoms with van der Waals surface area (Å²) in [5, 5.41) is 37.6. The van der Waals surface area contributed by atoms with E-state index >= 15 is 0 Å². The number of ether oxygens (including phenoxy) is 7. The van der Waals surface area contributed by atoms with Crippen LogP contribution in [0.1, 0.15) is 109 Å². The number of hydrogen-bond acceptors (Lipinski definition) is 19. The predicted molar refractivity (Wildman–Crippen MR) is 365 cm³/mol. The zero-order valence-corrected chi connectivity index (χ0v) is 59.3. The monoisotopic (exact) mass is 1420 g/mol. The Balaban J connectivity index is 0.000000234. The average molecular weight is 1420 g/mol. The zero-order chi connectivity index (χ0) is 71.0. The van der Waals surface area contributed by atoms with Gasteiger partial charge in [-0.15, -0.1) is 0 Å². The lowest BCUT2D eigenvalue weighted by atomic mass is 10.0. The van der Waals surface area contributed by atoms with Gasteiger partial charge in [0.05, 0.1) is 78.4 Å². The minimum absolute atomic E-state index is 0.0221. The highest BCUT2D eigenvalue weighted by atomic mass is 32.2. The second-order valence-corrected chi connectivity index (χ2v) is 32.0. The molecule has 6 heterocycles. The van der Waals surface area contributed by atoms with Gasteiger partial charge in [0.1, 0.15) is 23.9 Å². The molecule has 10 rings (SSSR count). The molecule has 12 atom stereocenters. The van der Waals surface area contributed by atoms with Gasteiger partial charge in [0.2, 0.25) is 31.9 Å². The van der Waals surface area contributed by atoms with Crippen LogP contribution in [0, 0.1) is 23.7 Å². The number of hydrogen-bond donors (Lipinski definition) is 7. The molecule has 99 heavy (non-hydrogen) atoms. The Morgan fingerprint density at radius 1 is 0.576 bits per heavy atom. The summed E-state index contributed by atoms with van der Waals surface area (Å²) in [6.45, 7) is 15.9. The van der Waals surface area contributed by atoms with Crippen molar-refractivity contribution in [2.75, 3.05) is 65.7 Å². The Bertz CT molecular complexity index is 3510. The first-order valence-corrected chi connectivity index (χ1v) is 37.4. The maximum atomic E-state index is 14.1. The van der Waals surface area contributed by atoms with Crippen LogP contribution in [0.4, 0.5) is 14.4 Å². The van der Waals surface area contributed by atoms with Crippen LogP contribution in [0.5, 0.6) is 0 Å². The fourth-order valence-corrected chi connectivity index (χ4v) is 16.3. The van der Waals surface area contributed by atoms with E-state index in [9.17, 15) is 51.0 Å². The van der Waals surface area contributed by atoms with Crippen LogP contribution in [-0.4, -0.2) is 203 Å². The number of aliphatic hydroxyl groups is 2. The minimum atomic E-state index is -4.09. The van der Waals surface area contributed by atoms with Crippen molar-refractivity contribution < 1.29 is 84.2 Å². The van der Waals surface area contributed by atoms with E-state index in [0.29, 0.717) is 44.6 Å². The Morgan fingerprint density at radius 2 is 1.02 bits per heavy atom. The van der Waals surface area contributed by atoms with Crippen molar-refractivity contribution in [3.63, 3.8) is 0 Å². The largest absolute Gasteiger partial charge is 0.444 e. The van der Waals surface area contributed by atoms with E-state index < -0.39 is 92.8 Å². The molecule has 6 saturated heterocycles. The summed E-state index contributed by atoms with van der Waals surface area (Å²) < 4.78 is 97.5. The SMILES string of the molecule is CC(C)CN(C[C@@H](O)[C@H](Cc1ccccc1)NC(=O)O[C@H]1CO[C@H]2OCC[C@H]21)S(=O)(=O)c1ccc(CNC(=O)[C@@H]2CCCN2)cc1.CC(C)CN(C[C@@H](O)[C@H](Cc1ccccc1)NC(=O)O[C@H]1CO[C@H]2OCC[C@H]21)S(=O)(=O)c1ccc(CNC(=O)[C@@H]2CCCN2C(=O)OC(C)(C)C)cc1. The van der Waals surface area contributed by atoms with Gasteiger partial charge in [0.25, 0.3) is 0 Å². The van der Waals surface area contributed by atoms with Crippen molar-refractivity contribution >= 4 is 50.1 Å². The van der Waals surface area contributed by atoms with E-state index in [4.69, 9.17) is 33.2 Å². The number of likely N-dealkylation sites (tertiary alicyclic amines) is 1. The smallest absolute Gasteiger partial charge is 0.410 e. The van der Waals surface area contributed by atoms with Crippen molar-refractivity contribution in [2.45, 2.75) is 189 Å². The fourth-order valence-electron chi connectivity index (χ4n) is 13.0. The number of carbonyl (C=O) groups excluding carboxylic acids is 5. The van der Waals surface area contributed by atoms with E-state index in [1.165, 1.54) is 37.8 Å². The molecule has 6 aliphatic heterocycles. The third kappa shape index (κ3) is 21.6. The quantitative estimate of drug-likeness (QED) is 0.0322. The first-order valence-electron chi connectivity index (χ1n) is 34.5. The Hall–Kier alpha value is -6.83. The predicted octanol–water partition coefficient (Wildman–Crippen LogP) is 5.97. The summed E-state index contributed by atoms with van der Waals surface area (Å²) in [5.41, 5.74) is 2.47. The second-order valence-electron chi connectivity index (χ2n) is 28.1. The van der Waals surface area contributed by atoms with E-state index in [-0.39, 0.29) is 123 Å². The first kappa shape index (κ1) is 76.4. The summed E-state index contributed by atoms with van der Waals surface area (Å²) in [5.74, 6) is -0.580. The molecule has 0 bridgehead atoms. The molecule has 0 spiro atoms. The van der Waals surface area contributed by atoms with Gasteiger partial charge < -0.3 is 70.0 Å². The Kier molecular flexibility index (Phi) is 27.1. The standard InChI is InChI=1S/C38H54N4O10S.C33H46N4O8S/c1-25(2)22-41(23-32(43)30(20-26-10-7-6-8-11-26)40-36(45)51-33-24-50-35-29(33)17-19-49-35)53(47,48)28-15-13-27(14-16-28)21-39-34(44)31-12-9-18-42(31)37(46)52-38(3,4)5;1-22(2)19-37(46(41,42)25-12-10-24(11-13-25)18-35-31(39)27-9-6-15-34-27)20-29(38)28(17-23-7-4-3-5-8-23)36-33(40)45-30-21-44-32-26(30)14-16-43-32/h6-8,10-11,13-16,25,29-33,35,43H,9,12,17-24H2,1-5H3,(H,39,44)(H,40,45);3-5,7-8,10-13,22,26-30,32,34,38H,6,9,14-21H2,1-2H3,(H,35,39)(H,36,40)/t29-,30-,31-,32+,33-,35+;26-,27-,28-,29+,30-,32+/m00/s1. The summed E-state index contributed by atoms with van der Waals surface area (Å²) in [7, 11) is -8.11. The van der Waals surface area contributed by atoms with E-state index in [0.717, 1.165) is 42.5 Å². The number of alkyl carbamates (subject to hydrolysis) is 2. The van der Waals surface area contributed by atoms with Gasteiger partial charge >= 0.3 is 18.3 Å². The number of rotatable bonds is 28. The second kappa shape index (κ2) is 35.2. The molecule has 7 N–H and O–H groups in total. The molecular formula is C71H100N8O18S2. The molecule has 6 aliphatic rings. The lowest BCUT2D eigenvalue weighted by molar-refractivity contribution is -0.125. The van der Waals surface area contributed by atoms with Gasteiger partial charge in [0.15, 0.2) is 12.6 Å². The molecule has 6 fully saturated rings. The lowest BCUT2D eigenvalue weighted by Crippen LogP contribution is -2.51. The number of benzene rings is 4. The maximum absolute atomic E-state index is 14.1. The molecule has 0 aromatic heterocycles. The highest BCUT2D eigenvalue weighted by Gasteiger charge is 2.46. The number of aliphatic hydroxyl groups excluding tert-OH is 2. The fraction of sp³-hybridized carbons (Fsp3) is 0.592. The number of nitrogens with one attached hydrogen (secondary N) is 5. The summed E-state index contributed by atoms with van der Waals surface area (Å²) in [6.07, 6.45) is -1.29.